The molecular weight excluding hydrogens is 386 g/mol. The lowest BCUT2D eigenvalue weighted by atomic mass is 9.92. The molecule has 5 heteroatoms. The molecule has 3 nitrogen and oxygen atoms in total. The Morgan fingerprint density at radius 1 is 1.10 bits per heavy atom. The number of aliphatic hydroxyl groups is 1. The van der Waals surface area contributed by atoms with E-state index in [0.717, 1.165) is 22.3 Å². The lowest BCUT2D eigenvalue weighted by molar-refractivity contribution is -0.0895. The number of alkyl halides is 2. The second-order valence-electron chi connectivity index (χ2n) is 6.95. The molecule has 2 aromatic rings. The van der Waals surface area contributed by atoms with Crippen molar-refractivity contribution in [1.29, 1.82) is 0 Å². The van der Waals surface area contributed by atoms with Crippen LogP contribution in [0.1, 0.15) is 62.0 Å². The number of terminal acetylenes is 1. The van der Waals surface area contributed by atoms with Crippen molar-refractivity contribution in [2.45, 2.75) is 71.9 Å². The standard InChI is InChI=1S/C21H24F2O3.C2H6.C2H2/c1-13-3-6-16(20-12-18(24)9-14(2)25-20)11-17(13)10-15-4-7-19(8-5-15)26-21(22)23;2*1-2/h3-8,11,14,18,20-21,24H,9-10,12H2,1-2H3;1-2H3;1-2H/t14-,18+,20-;;/m1../s1. The van der Waals surface area contributed by atoms with E-state index in [9.17, 15) is 13.9 Å². The van der Waals surface area contributed by atoms with Gasteiger partial charge in [0.2, 0.25) is 0 Å². The predicted molar refractivity (Wildman–Crippen MR) is 117 cm³/mol. The highest BCUT2D eigenvalue weighted by Crippen LogP contribution is 2.32. The first-order valence-corrected chi connectivity index (χ1v) is 10.2. The van der Waals surface area contributed by atoms with Crippen LogP contribution in [0, 0.1) is 19.8 Å². The van der Waals surface area contributed by atoms with Crippen LogP contribution in [0.25, 0.3) is 0 Å². The van der Waals surface area contributed by atoms with Crippen LogP contribution in [0.15, 0.2) is 42.5 Å². The van der Waals surface area contributed by atoms with E-state index < -0.39 is 6.61 Å². The molecule has 0 spiro atoms. The third kappa shape index (κ3) is 7.78. The number of rotatable bonds is 5. The van der Waals surface area contributed by atoms with Crippen LogP contribution in [0.4, 0.5) is 8.78 Å². The highest BCUT2D eigenvalue weighted by molar-refractivity contribution is 5.38. The molecule has 1 N–H and O–H groups in total. The molecule has 0 aromatic heterocycles. The maximum Gasteiger partial charge on any atom is 0.387 e. The maximum atomic E-state index is 12.2. The van der Waals surface area contributed by atoms with Crippen molar-refractivity contribution in [2.24, 2.45) is 0 Å². The van der Waals surface area contributed by atoms with Gasteiger partial charge in [-0.2, -0.15) is 8.78 Å². The van der Waals surface area contributed by atoms with Gasteiger partial charge in [0.15, 0.2) is 0 Å². The van der Waals surface area contributed by atoms with Crippen molar-refractivity contribution in [2.75, 3.05) is 0 Å². The summed E-state index contributed by atoms with van der Waals surface area (Å²) >= 11 is 0. The molecule has 3 atom stereocenters. The molecule has 1 heterocycles. The minimum Gasteiger partial charge on any atom is -0.435 e. The third-order valence-electron chi connectivity index (χ3n) is 4.77. The second-order valence-corrected chi connectivity index (χ2v) is 6.95. The SMILES string of the molecule is C#C.CC.Cc1ccc([C@H]2C[C@@H](O)C[C@@H](C)O2)cc1Cc1ccc(OC(F)F)cc1. The summed E-state index contributed by atoms with van der Waals surface area (Å²) < 4.78 is 34.9. The molecule has 0 saturated carbocycles. The molecule has 0 aliphatic carbocycles. The Kier molecular flexibility index (Phi) is 11.1. The van der Waals surface area contributed by atoms with E-state index in [4.69, 9.17) is 4.74 Å². The summed E-state index contributed by atoms with van der Waals surface area (Å²) in [6.07, 6.45) is 9.57. The first-order valence-electron chi connectivity index (χ1n) is 10.2. The predicted octanol–water partition coefficient (Wildman–Crippen LogP) is 6.06. The lowest BCUT2D eigenvalue weighted by Crippen LogP contribution is -2.29. The van der Waals surface area contributed by atoms with Crippen LogP contribution >= 0.6 is 0 Å². The van der Waals surface area contributed by atoms with Gasteiger partial charge < -0.3 is 14.6 Å². The largest absolute Gasteiger partial charge is 0.435 e. The summed E-state index contributed by atoms with van der Waals surface area (Å²) in [7, 11) is 0. The van der Waals surface area contributed by atoms with Crippen molar-refractivity contribution in [3.63, 3.8) is 0 Å². The number of aliphatic hydroxyl groups excluding tert-OH is 1. The quantitative estimate of drug-likeness (QED) is 0.600. The fraction of sp³-hybridized carbons (Fsp3) is 0.440. The minimum atomic E-state index is -2.81. The second kappa shape index (κ2) is 13.0. The number of hydrogen-bond donors (Lipinski definition) is 1. The summed E-state index contributed by atoms with van der Waals surface area (Å²) in [5.74, 6) is 0.160. The zero-order valence-corrected chi connectivity index (χ0v) is 18.1. The molecule has 2 aromatic carbocycles. The molecule has 30 heavy (non-hydrogen) atoms. The van der Waals surface area contributed by atoms with E-state index in [2.05, 4.69) is 29.7 Å². The number of ether oxygens (including phenoxy) is 2. The molecule has 1 saturated heterocycles. The number of aryl methyl sites for hydroxylation is 1. The topological polar surface area (TPSA) is 38.7 Å². The Balaban J connectivity index is 0.00000106. The Morgan fingerprint density at radius 2 is 1.73 bits per heavy atom. The van der Waals surface area contributed by atoms with Crippen LogP contribution in [0.2, 0.25) is 0 Å². The van der Waals surface area contributed by atoms with Crippen LogP contribution in [-0.4, -0.2) is 23.9 Å². The Morgan fingerprint density at radius 3 is 2.30 bits per heavy atom. The van der Waals surface area contributed by atoms with E-state index in [-0.39, 0.29) is 24.1 Å². The van der Waals surface area contributed by atoms with Gasteiger partial charge in [0.05, 0.1) is 18.3 Å². The van der Waals surface area contributed by atoms with E-state index >= 15 is 0 Å². The van der Waals surface area contributed by atoms with Crippen LogP contribution < -0.4 is 4.74 Å². The highest BCUT2D eigenvalue weighted by Gasteiger charge is 2.27. The van der Waals surface area contributed by atoms with E-state index in [1.54, 1.807) is 24.3 Å². The van der Waals surface area contributed by atoms with Crippen molar-refractivity contribution in [3.05, 3.63) is 64.7 Å². The minimum absolute atomic E-state index is 0.0379. The fourth-order valence-corrected chi connectivity index (χ4v) is 3.42. The van der Waals surface area contributed by atoms with Gasteiger partial charge in [0, 0.05) is 6.42 Å². The molecule has 1 fully saturated rings. The zero-order chi connectivity index (χ0) is 22.7. The van der Waals surface area contributed by atoms with Crippen LogP contribution in [0.3, 0.4) is 0 Å². The zero-order valence-electron chi connectivity index (χ0n) is 18.1. The van der Waals surface area contributed by atoms with Gasteiger partial charge in [-0.05, 0) is 61.1 Å². The summed E-state index contributed by atoms with van der Waals surface area (Å²) in [5.41, 5.74) is 4.39. The van der Waals surface area contributed by atoms with Crippen molar-refractivity contribution < 1.29 is 23.4 Å². The van der Waals surface area contributed by atoms with Crippen molar-refractivity contribution in [1.82, 2.24) is 0 Å². The maximum absolute atomic E-state index is 12.2. The van der Waals surface area contributed by atoms with E-state index in [1.165, 1.54) is 0 Å². The molecule has 0 bridgehead atoms. The van der Waals surface area contributed by atoms with Gasteiger partial charge in [0.25, 0.3) is 0 Å². The summed E-state index contributed by atoms with van der Waals surface area (Å²) in [6.45, 7) is 5.22. The first kappa shape index (κ1) is 25.6. The average Bonchev–Trinajstić information content (AvgIpc) is 2.73. The Hall–Kier alpha value is -2.42. The molecule has 1 aliphatic heterocycles. The third-order valence-corrected chi connectivity index (χ3v) is 4.77. The monoisotopic (exact) mass is 418 g/mol. The van der Waals surface area contributed by atoms with Crippen molar-refractivity contribution >= 4 is 0 Å². The average molecular weight is 419 g/mol. The molecule has 1 aliphatic rings. The van der Waals surface area contributed by atoms with Crippen molar-refractivity contribution in [3.8, 4) is 18.6 Å². The summed E-state index contributed by atoms with van der Waals surface area (Å²) in [5, 5.41) is 10.0. The fourth-order valence-electron chi connectivity index (χ4n) is 3.42. The molecule has 164 valence electrons. The van der Waals surface area contributed by atoms with Gasteiger partial charge >= 0.3 is 6.61 Å². The van der Waals surface area contributed by atoms with Gasteiger partial charge in [-0.3, -0.25) is 0 Å². The van der Waals surface area contributed by atoms with E-state index in [1.807, 2.05) is 33.8 Å². The molecular formula is C25H32F2O3. The summed E-state index contributed by atoms with van der Waals surface area (Å²) in [4.78, 5) is 0. The molecule has 0 radical (unpaired) electrons. The highest BCUT2D eigenvalue weighted by atomic mass is 19.3. The number of benzene rings is 2. The van der Waals surface area contributed by atoms with Crippen LogP contribution in [0.5, 0.6) is 5.75 Å². The normalized spacial score (nSPS) is 20.4. The molecule has 0 amide bonds. The smallest absolute Gasteiger partial charge is 0.387 e. The number of hydrogen-bond acceptors (Lipinski definition) is 3. The number of halogens is 2. The first-order chi connectivity index (χ1) is 14.4. The van der Waals surface area contributed by atoms with E-state index in [0.29, 0.717) is 19.3 Å². The van der Waals surface area contributed by atoms with Gasteiger partial charge in [-0.15, -0.1) is 12.8 Å². The Labute approximate surface area is 179 Å². The Bertz CT molecular complexity index is 762. The lowest BCUT2D eigenvalue weighted by Gasteiger charge is -2.32. The van der Waals surface area contributed by atoms with Gasteiger partial charge in [0.1, 0.15) is 5.75 Å². The molecule has 0 unspecified atom stereocenters. The molecule has 3 rings (SSSR count). The van der Waals surface area contributed by atoms with Gasteiger partial charge in [-0.25, -0.2) is 0 Å². The van der Waals surface area contributed by atoms with Gasteiger partial charge in [-0.1, -0.05) is 44.2 Å². The van der Waals surface area contributed by atoms with Crippen LogP contribution in [-0.2, 0) is 11.2 Å². The summed E-state index contributed by atoms with van der Waals surface area (Å²) in [6, 6.07) is 12.9.